The maximum Gasteiger partial charge on any atom is 0.212 e. The summed E-state index contributed by atoms with van der Waals surface area (Å²) in [5.74, 6) is 0.728. The Morgan fingerprint density at radius 1 is 1.05 bits per heavy atom. The molecule has 3 aromatic rings. The highest BCUT2D eigenvalue weighted by Gasteiger charge is 2.14. The second kappa shape index (κ2) is 5.35. The molecule has 1 atom stereocenters. The molecule has 1 aliphatic heterocycles. The SMILES string of the molecule is [c]1c(OC2CNCCO2)ccc2cc3ccccc3cc12. The third kappa shape index (κ3) is 2.58. The molecule has 21 heavy (non-hydrogen) atoms. The molecule has 3 aromatic carbocycles. The van der Waals surface area contributed by atoms with E-state index in [-0.39, 0.29) is 6.29 Å². The lowest BCUT2D eigenvalue weighted by Crippen LogP contribution is -2.41. The van der Waals surface area contributed by atoms with Gasteiger partial charge < -0.3 is 14.8 Å². The van der Waals surface area contributed by atoms with E-state index in [2.05, 4.69) is 53.8 Å². The predicted octanol–water partition coefficient (Wildman–Crippen LogP) is 3.12. The van der Waals surface area contributed by atoms with Gasteiger partial charge in [0.05, 0.1) is 13.2 Å². The molecular weight excluding hydrogens is 262 g/mol. The lowest BCUT2D eigenvalue weighted by molar-refractivity contribution is -0.0947. The van der Waals surface area contributed by atoms with Crippen molar-refractivity contribution in [2.24, 2.45) is 0 Å². The highest BCUT2D eigenvalue weighted by atomic mass is 16.7. The van der Waals surface area contributed by atoms with E-state index < -0.39 is 0 Å². The summed E-state index contributed by atoms with van der Waals surface area (Å²) in [7, 11) is 0. The minimum atomic E-state index is -0.229. The largest absolute Gasteiger partial charge is 0.463 e. The van der Waals surface area contributed by atoms with E-state index >= 15 is 0 Å². The number of hydrogen-bond donors (Lipinski definition) is 1. The molecule has 0 amide bonds. The van der Waals surface area contributed by atoms with Crippen LogP contribution in [0.3, 0.4) is 0 Å². The fourth-order valence-corrected chi connectivity index (χ4v) is 2.67. The molecule has 3 nitrogen and oxygen atoms in total. The Morgan fingerprint density at radius 2 is 1.90 bits per heavy atom. The summed E-state index contributed by atoms with van der Waals surface area (Å²) >= 11 is 0. The monoisotopic (exact) mass is 278 g/mol. The standard InChI is InChI=1S/C18H16NO2/c1-2-4-14-10-16-11-17(21-18-12-19-7-8-20-18)6-5-15(16)9-13(14)3-1/h1-6,9-10,18-19H,7-8,12H2. The summed E-state index contributed by atoms with van der Waals surface area (Å²) in [5.41, 5.74) is 0. The van der Waals surface area contributed by atoms with Crippen LogP contribution in [0.5, 0.6) is 5.75 Å². The van der Waals surface area contributed by atoms with Crippen LogP contribution in [-0.4, -0.2) is 26.0 Å². The number of rotatable bonds is 2. The number of benzene rings is 3. The van der Waals surface area contributed by atoms with Crippen LogP contribution in [0, 0.1) is 6.07 Å². The molecule has 0 spiro atoms. The molecule has 105 valence electrons. The molecule has 0 saturated carbocycles. The van der Waals surface area contributed by atoms with Gasteiger partial charge in [0.25, 0.3) is 0 Å². The number of hydrogen-bond acceptors (Lipinski definition) is 3. The molecule has 3 heteroatoms. The topological polar surface area (TPSA) is 30.5 Å². The molecule has 1 saturated heterocycles. The van der Waals surface area contributed by atoms with Gasteiger partial charge in [0, 0.05) is 12.6 Å². The molecule has 4 rings (SSSR count). The van der Waals surface area contributed by atoms with Crippen LogP contribution >= 0.6 is 0 Å². The van der Waals surface area contributed by atoms with Crippen molar-refractivity contribution in [1.29, 1.82) is 0 Å². The Bertz CT molecular complexity index is 778. The average Bonchev–Trinajstić information content (AvgIpc) is 2.54. The van der Waals surface area contributed by atoms with Gasteiger partial charge in [-0.2, -0.15) is 0 Å². The molecule has 1 aliphatic rings. The number of morpholine rings is 1. The first kappa shape index (κ1) is 12.6. The number of fused-ring (bicyclic) bond motifs is 2. The van der Waals surface area contributed by atoms with Crippen LogP contribution in [-0.2, 0) is 4.74 Å². The Hall–Kier alpha value is -2.10. The lowest BCUT2D eigenvalue weighted by Gasteiger charge is -2.24. The van der Waals surface area contributed by atoms with Gasteiger partial charge in [-0.15, -0.1) is 0 Å². The van der Waals surface area contributed by atoms with Gasteiger partial charge in [-0.3, -0.25) is 0 Å². The Labute approximate surface area is 123 Å². The third-order valence-electron chi connectivity index (χ3n) is 3.74. The second-order valence-corrected chi connectivity index (χ2v) is 5.23. The highest BCUT2D eigenvalue weighted by Crippen LogP contribution is 2.26. The molecule has 1 fully saturated rings. The molecule has 0 aromatic heterocycles. The lowest BCUT2D eigenvalue weighted by atomic mass is 10.0. The van der Waals surface area contributed by atoms with E-state index in [0.717, 1.165) is 17.7 Å². The van der Waals surface area contributed by atoms with Crippen LogP contribution < -0.4 is 10.1 Å². The van der Waals surface area contributed by atoms with Crippen molar-refractivity contribution in [3.63, 3.8) is 0 Å². The smallest absolute Gasteiger partial charge is 0.212 e. The first-order chi connectivity index (χ1) is 10.4. The first-order valence-electron chi connectivity index (χ1n) is 7.22. The van der Waals surface area contributed by atoms with Gasteiger partial charge in [-0.1, -0.05) is 30.3 Å². The van der Waals surface area contributed by atoms with Gasteiger partial charge in [-0.25, -0.2) is 0 Å². The van der Waals surface area contributed by atoms with E-state index in [1.165, 1.54) is 16.2 Å². The van der Waals surface area contributed by atoms with Crippen molar-refractivity contribution in [3.05, 3.63) is 54.6 Å². The number of nitrogens with one attached hydrogen (secondary N) is 1. The van der Waals surface area contributed by atoms with Crippen molar-refractivity contribution in [2.75, 3.05) is 19.7 Å². The van der Waals surface area contributed by atoms with E-state index in [1.54, 1.807) is 0 Å². The molecular formula is C18H16NO2. The van der Waals surface area contributed by atoms with Crippen LogP contribution in [0.15, 0.2) is 48.5 Å². The van der Waals surface area contributed by atoms with Crippen molar-refractivity contribution in [2.45, 2.75) is 6.29 Å². The maximum atomic E-state index is 5.84. The Morgan fingerprint density at radius 3 is 2.71 bits per heavy atom. The molecule has 1 radical (unpaired) electrons. The zero-order chi connectivity index (χ0) is 14.1. The summed E-state index contributed by atoms with van der Waals surface area (Å²) in [6.07, 6.45) is -0.229. The van der Waals surface area contributed by atoms with Crippen LogP contribution in [0.2, 0.25) is 0 Å². The summed E-state index contributed by atoms with van der Waals surface area (Å²) < 4.78 is 11.4. The zero-order valence-electron chi connectivity index (χ0n) is 11.6. The minimum absolute atomic E-state index is 0.229. The van der Waals surface area contributed by atoms with Gasteiger partial charge in [0.15, 0.2) is 0 Å². The summed E-state index contributed by atoms with van der Waals surface area (Å²) in [6.45, 7) is 2.28. The summed E-state index contributed by atoms with van der Waals surface area (Å²) in [4.78, 5) is 0. The van der Waals surface area contributed by atoms with Crippen LogP contribution in [0.1, 0.15) is 0 Å². The van der Waals surface area contributed by atoms with Crippen LogP contribution in [0.25, 0.3) is 21.5 Å². The van der Waals surface area contributed by atoms with Gasteiger partial charge in [-0.05, 0) is 39.7 Å². The first-order valence-corrected chi connectivity index (χ1v) is 7.22. The molecule has 0 aliphatic carbocycles. The third-order valence-corrected chi connectivity index (χ3v) is 3.74. The van der Waals surface area contributed by atoms with Gasteiger partial charge >= 0.3 is 0 Å². The quantitative estimate of drug-likeness (QED) is 0.731. The number of ether oxygens (including phenoxy) is 2. The fraction of sp³-hybridized carbons (Fsp3) is 0.222. The molecule has 1 heterocycles. The van der Waals surface area contributed by atoms with Crippen LogP contribution in [0.4, 0.5) is 0 Å². The fourth-order valence-electron chi connectivity index (χ4n) is 2.67. The maximum absolute atomic E-state index is 5.84. The molecule has 1 unspecified atom stereocenters. The van der Waals surface area contributed by atoms with Crippen molar-refractivity contribution in [1.82, 2.24) is 5.32 Å². The van der Waals surface area contributed by atoms with Gasteiger partial charge in [0.2, 0.25) is 6.29 Å². The minimum Gasteiger partial charge on any atom is -0.463 e. The van der Waals surface area contributed by atoms with E-state index in [0.29, 0.717) is 13.2 Å². The van der Waals surface area contributed by atoms with E-state index in [1.807, 2.05) is 6.07 Å². The Kier molecular flexibility index (Phi) is 3.22. The highest BCUT2D eigenvalue weighted by molar-refractivity contribution is 5.98. The summed E-state index contributed by atoms with van der Waals surface area (Å²) in [5, 5.41) is 7.95. The zero-order valence-corrected chi connectivity index (χ0v) is 11.6. The van der Waals surface area contributed by atoms with Gasteiger partial charge in [0.1, 0.15) is 5.75 Å². The summed E-state index contributed by atoms with van der Waals surface area (Å²) in [6, 6.07) is 20.0. The predicted molar refractivity (Wildman–Crippen MR) is 83.5 cm³/mol. The van der Waals surface area contributed by atoms with Crippen molar-refractivity contribution < 1.29 is 9.47 Å². The van der Waals surface area contributed by atoms with E-state index in [4.69, 9.17) is 9.47 Å². The average molecular weight is 278 g/mol. The second-order valence-electron chi connectivity index (χ2n) is 5.23. The Balaban J connectivity index is 1.69. The molecule has 0 bridgehead atoms. The normalized spacial score (nSPS) is 19.0. The van der Waals surface area contributed by atoms with E-state index in [9.17, 15) is 0 Å². The van der Waals surface area contributed by atoms with Crippen molar-refractivity contribution in [3.8, 4) is 5.75 Å². The molecule has 1 N–H and O–H groups in total. The van der Waals surface area contributed by atoms with Crippen molar-refractivity contribution >= 4 is 21.5 Å².